The van der Waals surface area contributed by atoms with Crippen molar-refractivity contribution in [1.82, 2.24) is 14.9 Å². The van der Waals surface area contributed by atoms with Gasteiger partial charge in [-0.2, -0.15) is 0 Å². The summed E-state index contributed by atoms with van der Waals surface area (Å²) in [7, 11) is 0. The zero-order valence-electron chi connectivity index (χ0n) is 16.0. The van der Waals surface area contributed by atoms with Gasteiger partial charge in [0.25, 0.3) is 0 Å². The lowest BCUT2D eigenvalue weighted by molar-refractivity contribution is -0.122. The molecule has 1 saturated carbocycles. The number of imidazole rings is 1. The topological polar surface area (TPSA) is 67.2 Å². The molecule has 144 valence electrons. The van der Waals surface area contributed by atoms with Gasteiger partial charge in [0.05, 0.1) is 17.6 Å². The summed E-state index contributed by atoms with van der Waals surface area (Å²) in [5, 5.41) is 2.96. The van der Waals surface area contributed by atoms with Crippen molar-refractivity contribution in [1.29, 1.82) is 0 Å². The molecule has 0 spiro atoms. The highest BCUT2D eigenvalue weighted by Gasteiger charge is 2.29. The maximum Gasteiger partial charge on any atom is 0.246 e. The molecule has 2 aromatic carbocycles. The average molecular weight is 376 g/mol. The molecule has 0 bridgehead atoms. The summed E-state index contributed by atoms with van der Waals surface area (Å²) in [6, 6.07) is 17.4. The van der Waals surface area contributed by atoms with Crippen LogP contribution in [0.2, 0.25) is 0 Å². The van der Waals surface area contributed by atoms with E-state index >= 15 is 0 Å². The molecule has 0 aliphatic heterocycles. The molecule has 1 aromatic heterocycles. The van der Waals surface area contributed by atoms with Crippen LogP contribution in [0.5, 0.6) is 0 Å². The van der Waals surface area contributed by atoms with Crippen LogP contribution in [0.4, 0.5) is 5.69 Å². The molecule has 1 aliphatic carbocycles. The van der Waals surface area contributed by atoms with E-state index in [-0.39, 0.29) is 24.3 Å². The van der Waals surface area contributed by atoms with Crippen molar-refractivity contribution < 1.29 is 9.59 Å². The van der Waals surface area contributed by atoms with Crippen molar-refractivity contribution in [2.24, 2.45) is 5.92 Å². The van der Waals surface area contributed by atoms with Gasteiger partial charge in [0.1, 0.15) is 12.4 Å². The number of amides is 2. The molecule has 1 heterocycles. The van der Waals surface area contributed by atoms with E-state index < -0.39 is 0 Å². The number of aromatic nitrogens is 2. The second-order valence-corrected chi connectivity index (χ2v) is 7.07. The molecule has 4 rings (SSSR count). The third kappa shape index (κ3) is 3.76. The van der Waals surface area contributed by atoms with Crippen LogP contribution < -0.4 is 10.2 Å². The van der Waals surface area contributed by atoms with Crippen molar-refractivity contribution in [2.75, 3.05) is 11.4 Å². The number of hydrogen-bond donors (Lipinski definition) is 1. The first-order chi connectivity index (χ1) is 13.7. The van der Waals surface area contributed by atoms with Crippen molar-refractivity contribution in [3.05, 3.63) is 60.4 Å². The normalized spacial score (nSPS) is 13.5. The third-order valence-electron chi connectivity index (χ3n) is 5.08. The minimum absolute atomic E-state index is 0.00776. The Bertz CT molecular complexity index is 992. The Morgan fingerprint density at radius 3 is 2.54 bits per heavy atom. The molecule has 0 saturated heterocycles. The zero-order valence-corrected chi connectivity index (χ0v) is 16.0. The Balaban J connectivity index is 1.59. The predicted octanol–water partition coefficient (Wildman–Crippen LogP) is 3.12. The third-order valence-corrected chi connectivity index (χ3v) is 5.08. The minimum Gasteiger partial charge on any atom is -0.349 e. The Morgan fingerprint density at radius 2 is 1.82 bits per heavy atom. The van der Waals surface area contributed by atoms with E-state index in [2.05, 4.69) is 10.3 Å². The molecular formula is C22H24N4O2. The van der Waals surface area contributed by atoms with E-state index in [1.54, 1.807) is 4.90 Å². The molecule has 0 radical (unpaired) electrons. The van der Waals surface area contributed by atoms with E-state index in [4.69, 9.17) is 0 Å². The number of carbonyl (C=O) groups excluding carboxylic acids is 2. The smallest absolute Gasteiger partial charge is 0.246 e. The maximum atomic E-state index is 13.1. The summed E-state index contributed by atoms with van der Waals surface area (Å²) in [5.41, 5.74) is 2.60. The number of fused-ring (bicyclic) bond motifs is 1. The molecule has 2 amide bonds. The summed E-state index contributed by atoms with van der Waals surface area (Å²) in [4.78, 5) is 31.5. The fraction of sp³-hybridized carbons (Fsp3) is 0.318. The summed E-state index contributed by atoms with van der Waals surface area (Å²) in [6.45, 7) is 3.06. The van der Waals surface area contributed by atoms with E-state index in [0.717, 1.165) is 29.6 Å². The van der Waals surface area contributed by atoms with Crippen LogP contribution in [0.3, 0.4) is 0 Å². The van der Waals surface area contributed by atoms with Crippen LogP contribution in [0.25, 0.3) is 11.0 Å². The van der Waals surface area contributed by atoms with Gasteiger partial charge in [-0.15, -0.1) is 0 Å². The first-order valence-electron chi connectivity index (χ1n) is 9.74. The molecule has 1 N–H and O–H groups in total. The van der Waals surface area contributed by atoms with Crippen LogP contribution in [0, 0.1) is 5.92 Å². The Hall–Kier alpha value is -3.15. The van der Waals surface area contributed by atoms with Crippen molar-refractivity contribution in [2.45, 2.75) is 32.9 Å². The average Bonchev–Trinajstić information content (AvgIpc) is 3.51. The Kier molecular flexibility index (Phi) is 5.10. The van der Waals surface area contributed by atoms with Crippen molar-refractivity contribution in [3.8, 4) is 0 Å². The summed E-state index contributed by atoms with van der Waals surface area (Å²) >= 11 is 0. The highest BCUT2D eigenvalue weighted by atomic mass is 16.2. The number of likely N-dealkylation sites (N-methyl/N-ethyl adjacent to an activating group) is 1. The summed E-state index contributed by atoms with van der Waals surface area (Å²) < 4.78 is 1.91. The fourth-order valence-corrected chi connectivity index (χ4v) is 3.42. The van der Waals surface area contributed by atoms with Crippen molar-refractivity contribution >= 4 is 28.5 Å². The summed E-state index contributed by atoms with van der Waals surface area (Å²) in [6.07, 6.45) is 1.92. The molecule has 0 unspecified atom stereocenters. The van der Waals surface area contributed by atoms with Crippen LogP contribution in [0.1, 0.15) is 25.6 Å². The van der Waals surface area contributed by atoms with Gasteiger partial charge in [-0.1, -0.05) is 30.3 Å². The lowest BCUT2D eigenvalue weighted by Crippen LogP contribution is -2.34. The zero-order chi connectivity index (χ0) is 19.5. The number of rotatable bonds is 7. The largest absolute Gasteiger partial charge is 0.349 e. The first-order valence-corrected chi connectivity index (χ1v) is 9.74. The molecule has 6 heteroatoms. The van der Waals surface area contributed by atoms with Gasteiger partial charge >= 0.3 is 0 Å². The van der Waals surface area contributed by atoms with Gasteiger partial charge in [0.2, 0.25) is 11.8 Å². The molecule has 0 atom stereocenters. The van der Waals surface area contributed by atoms with Crippen LogP contribution in [-0.4, -0.2) is 27.9 Å². The monoisotopic (exact) mass is 376 g/mol. The number of para-hydroxylation sites is 3. The van der Waals surface area contributed by atoms with E-state index in [0.29, 0.717) is 18.9 Å². The number of nitrogens with zero attached hydrogens (tertiary/aromatic N) is 3. The molecule has 28 heavy (non-hydrogen) atoms. The molecular weight excluding hydrogens is 352 g/mol. The number of benzene rings is 2. The van der Waals surface area contributed by atoms with Crippen LogP contribution >= 0.6 is 0 Å². The molecule has 3 aromatic rings. The number of nitrogens with one attached hydrogen (secondary N) is 1. The molecule has 6 nitrogen and oxygen atoms in total. The highest BCUT2D eigenvalue weighted by molar-refractivity contribution is 5.94. The van der Waals surface area contributed by atoms with Crippen LogP contribution in [-0.2, 0) is 22.7 Å². The van der Waals surface area contributed by atoms with Crippen molar-refractivity contribution in [3.63, 3.8) is 0 Å². The van der Waals surface area contributed by atoms with Gasteiger partial charge in [-0.3, -0.25) is 9.59 Å². The van der Waals surface area contributed by atoms with Gasteiger partial charge < -0.3 is 14.8 Å². The highest BCUT2D eigenvalue weighted by Crippen LogP contribution is 2.29. The second-order valence-electron chi connectivity index (χ2n) is 7.07. The van der Waals surface area contributed by atoms with Crippen LogP contribution in [0.15, 0.2) is 54.6 Å². The predicted molar refractivity (Wildman–Crippen MR) is 109 cm³/mol. The SMILES string of the molecule is CCN(C(=O)Cn1c(CNC(=O)C2CC2)nc2ccccc21)c1ccccc1. The molecule has 1 fully saturated rings. The van der Waals surface area contributed by atoms with Gasteiger partial charge in [-0.25, -0.2) is 4.98 Å². The second kappa shape index (κ2) is 7.84. The standard InChI is InChI=1S/C22H24N4O2/c1-2-25(17-8-4-3-5-9-17)21(27)15-26-19-11-7-6-10-18(19)24-20(26)14-23-22(28)16-12-13-16/h3-11,16H,2,12-15H2,1H3,(H,23,28). The number of anilines is 1. The van der Waals surface area contributed by atoms with E-state index in [1.165, 1.54) is 0 Å². The lowest BCUT2D eigenvalue weighted by Gasteiger charge is -2.22. The lowest BCUT2D eigenvalue weighted by atomic mass is 10.2. The Labute approximate surface area is 164 Å². The summed E-state index contributed by atoms with van der Waals surface area (Å²) in [5.74, 6) is 0.914. The number of hydrogen-bond acceptors (Lipinski definition) is 3. The van der Waals surface area contributed by atoms with E-state index in [1.807, 2.05) is 66.1 Å². The van der Waals surface area contributed by atoms with Gasteiger partial charge in [0, 0.05) is 18.2 Å². The maximum absolute atomic E-state index is 13.1. The quantitative estimate of drug-likeness (QED) is 0.689. The van der Waals surface area contributed by atoms with Gasteiger partial charge in [-0.05, 0) is 44.0 Å². The minimum atomic E-state index is -0.00776. The van der Waals surface area contributed by atoms with Gasteiger partial charge in [0.15, 0.2) is 0 Å². The molecule has 1 aliphatic rings. The Morgan fingerprint density at radius 1 is 1.11 bits per heavy atom. The first kappa shape index (κ1) is 18.2. The van der Waals surface area contributed by atoms with E-state index in [9.17, 15) is 9.59 Å². The fourth-order valence-electron chi connectivity index (χ4n) is 3.42. The number of carbonyl (C=O) groups is 2.